The molecule has 1 heterocycles. The molecule has 0 saturated heterocycles. The molecule has 0 atom stereocenters. The SMILES string of the molecule is CCc1ccccc1N(C(C)=O)c1nc(COC(=O)c2ccc3ccccc3c2)cs1. The van der Waals surface area contributed by atoms with Gasteiger partial charge in [-0.1, -0.05) is 55.5 Å². The van der Waals surface area contributed by atoms with Gasteiger partial charge in [-0.3, -0.25) is 9.69 Å². The maximum absolute atomic E-state index is 12.5. The second kappa shape index (κ2) is 9.10. The first kappa shape index (κ1) is 20.8. The van der Waals surface area contributed by atoms with Crippen LogP contribution in [0.1, 0.15) is 35.5 Å². The van der Waals surface area contributed by atoms with Crippen molar-refractivity contribution in [1.82, 2.24) is 4.98 Å². The van der Waals surface area contributed by atoms with E-state index in [-0.39, 0.29) is 12.5 Å². The molecule has 6 heteroatoms. The Morgan fingerprint density at radius 2 is 1.74 bits per heavy atom. The second-order valence-electron chi connectivity index (χ2n) is 7.10. The van der Waals surface area contributed by atoms with E-state index >= 15 is 0 Å². The number of aromatic nitrogens is 1. The van der Waals surface area contributed by atoms with Crippen molar-refractivity contribution in [3.8, 4) is 0 Å². The predicted octanol–water partition coefficient (Wildman–Crippen LogP) is 5.90. The van der Waals surface area contributed by atoms with Crippen LogP contribution in [0.5, 0.6) is 0 Å². The Morgan fingerprint density at radius 1 is 1.00 bits per heavy atom. The topological polar surface area (TPSA) is 59.5 Å². The third-order valence-corrected chi connectivity index (χ3v) is 5.87. The summed E-state index contributed by atoms with van der Waals surface area (Å²) in [5, 5.41) is 4.43. The standard InChI is InChI=1S/C25H22N2O3S/c1-3-18-8-6-7-11-23(18)27(17(2)28)25-26-22(16-31-25)15-30-24(29)21-13-12-19-9-4-5-10-20(19)14-21/h4-14,16H,3,15H2,1-2H3. The number of amides is 1. The monoisotopic (exact) mass is 430 g/mol. The number of anilines is 2. The fourth-order valence-electron chi connectivity index (χ4n) is 3.44. The first-order valence-corrected chi connectivity index (χ1v) is 10.9. The number of esters is 1. The number of carbonyl (C=O) groups excluding carboxylic acids is 2. The molecule has 4 rings (SSSR count). The number of nitrogens with zero attached hydrogens (tertiary/aromatic N) is 2. The van der Waals surface area contributed by atoms with Crippen LogP contribution in [0.3, 0.4) is 0 Å². The maximum atomic E-state index is 12.5. The Kier molecular flexibility index (Phi) is 6.09. The van der Waals surface area contributed by atoms with Crippen molar-refractivity contribution in [2.75, 3.05) is 4.90 Å². The van der Waals surface area contributed by atoms with Crippen LogP contribution in [-0.4, -0.2) is 16.9 Å². The molecule has 0 aliphatic carbocycles. The Labute approximate surface area is 184 Å². The van der Waals surface area contributed by atoms with Gasteiger partial charge >= 0.3 is 5.97 Å². The van der Waals surface area contributed by atoms with Gasteiger partial charge in [0.25, 0.3) is 0 Å². The summed E-state index contributed by atoms with van der Waals surface area (Å²) in [6, 6.07) is 21.1. The molecule has 0 fully saturated rings. The van der Waals surface area contributed by atoms with E-state index in [1.54, 1.807) is 11.0 Å². The van der Waals surface area contributed by atoms with E-state index in [0.29, 0.717) is 16.4 Å². The molecule has 0 bridgehead atoms. The first-order valence-electron chi connectivity index (χ1n) is 10.1. The average Bonchev–Trinajstić information content (AvgIpc) is 3.25. The van der Waals surface area contributed by atoms with Gasteiger partial charge in [-0.25, -0.2) is 9.78 Å². The van der Waals surface area contributed by atoms with Gasteiger partial charge < -0.3 is 4.74 Å². The summed E-state index contributed by atoms with van der Waals surface area (Å²) in [4.78, 5) is 31.0. The zero-order chi connectivity index (χ0) is 21.8. The highest BCUT2D eigenvalue weighted by atomic mass is 32.1. The average molecular weight is 431 g/mol. The molecule has 0 N–H and O–H groups in total. The molecule has 0 saturated carbocycles. The van der Waals surface area contributed by atoms with Crippen molar-refractivity contribution in [3.63, 3.8) is 0 Å². The summed E-state index contributed by atoms with van der Waals surface area (Å²) in [5.41, 5.74) is 2.99. The molecule has 0 aliphatic rings. The van der Waals surface area contributed by atoms with Gasteiger partial charge in [0.2, 0.25) is 5.91 Å². The lowest BCUT2D eigenvalue weighted by molar-refractivity contribution is -0.115. The van der Waals surface area contributed by atoms with Gasteiger partial charge in [0.05, 0.1) is 16.9 Å². The van der Waals surface area contributed by atoms with Crippen molar-refractivity contribution < 1.29 is 14.3 Å². The van der Waals surface area contributed by atoms with Gasteiger partial charge in [-0.15, -0.1) is 11.3 Å². The van der Waals surface area contributed by atoms with Crippen LogP contribution >= 0.6 is 11.3 Å². The van der Waals surface area contributed by atoms with Crippen LogP contribution in [0.25, 0.3) is 10.8 Å². The van der Waals surface area contributed by atoms with Crippen LogP contribution < -0.4 is 4.90 Å². The summed E-state index contributed by atoms with van der Waals surface area (Å²) in [6.07, 6.45) is 0.807. The quantitative estimate of drug-likeness (QED) is 0.357. The van der Waals surface area contributed by atoms with E-state index in [0.717, 1.165) is 28.4 Å². The minimum atomic E-state index is -0.403. The number of ether oxygens (including phenoxy) is 1. The number of thiazole rings is 1. The molecule has 31 heavy (non-hydrogen) atoms. The Balaban J connectivity index is 1.50. The van der Waals surface area contributed by atoms with Crippen LogP contribution in [0, 0.1) is 0 Å². The lowest BCUT2D eigenvalue weighted by Gasteiger charge is -2.20. The van der Waals surface area contributed by atoms with Crippen LogP contribution in [0.4, 0.5) is 10.8 Å². The number of aryl methyl sites for hydroxylation is 1. The Hall–Kier alpha value is -3.51. The Bertz CT molecular complexity index is 1250. The fourth-order valence-corrected chi connectivity index (χ4v) is 4.30. The number of para-hydroxylation sites is 1. The molecule has 1 amide bonds. The van der Waals surface area contributed by atoms with E-state index in [4.69, 9.17) is 4.74 Å². The third-order valence-electron chi connectivity index (χ3n) is 5.00. The molecule has 0 spiro atoms. The smallest absolute Gasteiger partial charge is 0.338 e. The van der Waals surface area contributed by atoms with Crippen molar-refractivity contribution in [1.29, 1.82) is 0 Å². The van der Waals surface area contributed by atoms with E-state index < -0.39 is 5.97 Å². The van der Waals surface area contributed by atoms with E-state index in [1.165, 1.54) is 18.3 Å². The molecule has 3 aromatic carbocycles. The van der Waals surface area contributed by atoms with Crippen LogP contribution in [0.2, 0.25) is 0 Å². The zero-order valence-corrected chi connectivity index (χ0v) is 18.2. The lowest BCUT2D eigenvalue weighted by Crippen LogP contribution is -2.23. The molecular formula is C25H22N2O3S. The maximum Gasteiger partial charge on any atom is 0.338 e. The molecular weight excluding hydrogens is 408 g/mol. The largest absolute Gasteiger partial charge is 0.456 e. The van der Waals surface area contributed by atoms with Gasteiger partial charge in [0.1, 0.15) is 6.61 Å². The molecule has 1 aromatic heterocycles. The molecule has 0 radical (unpaired) electrons. The van der Waals surface area contributed by atoms with E-state index in [9.17, 15) is 9.59 Å². The highest BCUT2D eigenvalue weighted by molar-refractivity contribution is 7.14. The number of hydrogen-bond acceptors (Lipinski definition) is 5. The summed E-state index contributed by atoms with van der Waals surface area (Å²) in [6.45, 7) is 3.62. The number of hydrogen-bond donors (Lipinski definition) is 0. The highest BCUT2D eigenvalue weighted by Crippen LogP contribution is 2.32. The zero-order valence-electron chi connectivity index (χ0n) is 17.4. The first-order chi connectivity index (χ1) is 15.1. The van der Waals surface area contributed by atoms with Gasteiger partial charge in [0, 0.05) is 12.3 Å². The molecule has 0 aliphatic heterocycles. The van der Waals surface area contributed by atoms with Gasteiger partial charge in [0.15, 0.2) is 5.13 Å². The Morgan fingerprint density at radius 3 is 2.52 bits per heavy atom. The third kappa shape index (κ3) is 4.49. The predicted molar refractivity (Wildman–Crippen MR) is 124 cm³/mol. The van der Waals surface area contributed by atoms with Crippen LogP contribution in [-0.2, 0) is 22.6 Å². The number of rotatable bonds is 6. The summed E-state index contributed by atoms with van der Waals surface area (Å²) >= 11 is 1.35. The minimum absolute atomic E-state index is 0.0450. The van der Waals surface area contributed by atoms with E-state index in [2.05, 4.69) is 11.9 Å². The number of carbonyl (C=O) groups is 2. The van der Waals surface area contributed by atoms with Crippen molar-refractivity contribution in [2.45, 2.75) is 26.9 Å². The van der Waals surface area contributed by atoms with Crippen molar-refractivity contribution >= 4 is 44.8 Å². The summed E-state index contributed by atoms with van der Waals surface area (Å²) < 4.78 is 5.47. The second-order valence-corrected chi connectivity index (χ2v) is 7.93. The normalized spacial score (nSPS) is 10.8. The number of benzene rings is 3. The molecule has 4 aromatic rings. The molecule has 0 unspecified atom stereocenters. The summed E-state index contributed by atoms with van der Waals surface area (Å²) in [7, 11) is 0. The summed E-state index contributed by atoms with van der Waals surface area (Å²) in [5.74, 6) is -0.519. The fraction of sp³-hybridized carbons (Fsp3) is 0.160. The minimum Gasteiger partial charge on any atom is -0.456 e. The lowest BCUT2D eigenvalue weighted by atomic mass is 10.1. The molecule has 5 nitrogen and oxygen atoms in total. The number of fused-ring (bicyclic) bond motifs is 1. The van der Waals surface area contributed by atoms with E-state index in [1.807, 2.05) is 66.0 Å². The van der Waals surface area contributed by atoms with Crippen molar-refractivity contribution in [2.24, 2.45) is 0 Å². The van der Waals surface area contributed by atoms with Crippen molar-refractivity contribution in [3.05, 3.63) is 88.9 Å². The van der Waals surface area contributed by atoms with Gasteiger partial charge in [-0.05, 0) is 41.0 Å². The van der Waals surface area contributed by atoms with Crippen LogP contribution in [0.15, 0.2) is 72.1 Å². The molecule has 156 valence electrons. The van der Waals surface area contributed by atoms with Gasteiger partial charge in [-0.2, -0.15) is 0 Å². The highest BCUT2D eigenvalue weighted by Gasteiger charge is 2.20.